The van der Waals surface area contributed by atoms with Crippen molar-refractivity contribution in [2.45, 2.75) is 57.0 Å². The molecule has 2 N–H and O–H groups in total. The topological polar surface area (TPSA) is 61.4 Å². The molecule has 5 nitrogen and oxygen atoms in total. The molecule has 0 unspecified atom stereocenters. The van der Waals surface area contributed by atoms with Crippen molar-refractivity contribution in [2.75, 3.05) is 18.9 Å². The van der Waals surface area contributed by atoms with Crippen LogP contribution in [0.25, 0.3) is 0 Å². The van der Waals surface area contributed by atoms with Gasteiger partial charge in [-0.3, -0.25) is 14.5 Å². The summed E-state index contributed by atoms with van der Waals surface area (Å²) in [6, 6.07) is 6.80. The van der Waals surface area contributed by atoms with E-state index in [9.17, 15) is 9.59 Å². The number of hydrogen-bond donors (Lipinski definition) is 2. The number of nitrogens with zero attached hydrogens (tertiary/aromatic N) is 1. The van der Waals surface area contributed by atoms with Gasteiger partial charge in [0.2, 0.25) is 11.8 Å². The van der Waals surface area contributed by atoms with Crippen molar-refractivity contribution >= 4 is 29.1 Å². The van der Waals surface area contributed by atoms with Gasteiger partial charge in [0.05, 0.1) is 23.3 Å². The Kier molecular flexibility index (Phi) is 5.41. The van der Waals surface area contributed by atoms with Crippen LogP contribution in [0, 0.1) is 17.8 Å². The molecule has 4 bridgehead atoms. The van der Waals surface area contributed by atoms with Crippen LogP contribution >= 0.6 is 11.6 Å². The zero-order valence-corrected chi connectivity index (χ0v) is 17.5. The monoisotopic (exact) mass is 403 g/mol. The summed E-state index contributed by atoms with van der Waals surface area (Å²) >= 11 is 6.10. The molecule has 0 aromatic heterocycles. The first-order valence-electron chi connectivity index (χ1n) is 10.4. The van der Waals surface area contributed by atoms with E-state index in [2.05, 4.69) is 10.6 Å². The highest BCUT2D eigenvalue weighted by Gasteiger charge is 2.51. The van der Waals surface area contributed by atoms with Gasteiger partial charge in [0.25, 0.3) is 0 Å². The summed E-state index contributed by atoms with van der Waals surface area (Å²) < 4.78 is 0. The Balaban J connectivity index is 1.32. The molecule has 6 heteroatoms. The van der Waals surface area contributed by atoms with Crippen LogP contribution in [0.5, 0.6) is 0 Å². The maximum Gasteiger partial charge on any atom is 0.238 e. The van der Waals surface area contributed by atoms with Crippen molar-refractivity contribution in [3.05, 3.63) is 29.3 Å². The molecule has 4 fully saturated rings. The molecule has 4 aliphatic rings. The summed E-state index contributed by atoms with van der Waals surface area (Å²) in [5.74, 6) is 2.24. The summed E-state index contributed by atoms with van der Waals surface area (Å²) in [6.07, 6.45) is 7.46. The van der Waals surface area contributed by atoms with Gasteiger partial charge in [-0.2, -0.15) is 0 Å². The van der Waals surface area contributed by atoms with Crippen LogP contribution in [0.4, 0.5) is 5.69 Å². The van der Waals surface area contributed by atoms with E-state index in [4.69, 9.17) is 11.6 Å². The molecule has 1 atom stereocenters. The lowest BCUT2D eigenvalue weighted by Gasteiger charge is -2.57. The fourth-order valence-electron chi connectivity index (χ4n) is 5.95. The third kappa shape index (κ3) is 4.06. The number of hydrogen-bond acceptors (Lipinski definition) is 3. The van der Waals surface area contributed by atoms with E-state index in [1.807, 2.05) is 26.1 Å². The lowest BCUT2D eigenvalue weighted by Crippen LogP contribution is -2.62. The standard InChI is InChI=1S/C22H30ClN3O2/c1-14(26(2)13-20(27)24-19-6-4-3-5-18(19)23)21(28)25-22-10-15-7-16(11-22)9-17(8-15)12-22/h3-6,14-17H,7-13H2,1-2H3,(H,24,27)(H,25,28)/t14-,15?,16?,17?,22?/m1/s1. The molecule has 5 rings (SSSR count). The van der Waals surface area contributed by atoms with Gasteiger partial charge in [-0.25, -0.2) is 0 Å². The third-order valence-corrected chi connectivity index (χ3v) is 7.34. The van der Waals surface area contributed by atoms with Crippen molar-refractivity contribution in [1.29, 1.82) is 0 Å². The zero-order valence-electron chi connectivity index (χ0n) is 16.7. The number of carbonyl (C=O) groups excluding carboxylic acids is 2. The van der Waals surface area contributed by atoms with Crippen LogP contribution in [0.1, 0.15) is 45.4 Å². The molecule has 1 aromatic rings. The van der Waals surface area contributed by atoms with Crippen molar-refractivity contribution in [3.63, 3.8) is 0 Å². The number of halogens is 1. The maximum atomic E-state index is 13.0. The lowest BCUT2D eigenvalue weighted by molar-refractivity contribution is -0.131. The quantitative estimate of drug-likeness (QED) is 0.761. The number of nitrogens with one attached hydrogen (secondary N) is 2. The number of anilines is 1. The number of likely N-dealkylation sites (N-methyl/N-ethyl adjacent to an activating group) is 1. The lowest BCUT2D eigenvalue weighted by atomic mass is 9.53. The summed E-state index contributed by atoms with van der Waals surface area (Å²) in [5.41, 5.74) is 0.592. The summed E-state index contributed by atoms with van der Waals surface area (Å²) in [5, 5.41) is 6.73. The number of carbonyl (C=O) groups is 2. The van der Waals surface area contributed by atoms with E-state index in [-0.39, 0.29) is 29.9 Å². The average molecular weight is 404 g/mol. The first-order valence-corrected chi connectivity index (χ1v) is 10.8. The summed E-state index contributed by atoms with van der Waals surface area (Å²) in [4.78, 5) is 27.1. The summed E-state index contributed by atoms with van der Waals surface area (Å²) in [7, 11) is 1.82. The molecular formula is C22H30ClN3O2. The molecule has 4 aliphatic carbocycles. The Morgan fingerprint density at radius 3 is 2.29 bits per heavy atom. The van der Waals surface area contributed by atoms with Crippen molar-refractivity contribution in [3.8, 4) is 0 Å². The molecule has 0 heterocycles. The summed E-state index contributed by atoms with van der Waals surface area (Å²) in [6.45, 7) is 2.01. The van der Waals surface area contributed by atoms with Crippen molar-refractivity contribution < 1.29 is 9.59 Å². The normalized spacial score (nSPS) is 31.6. The van der Waals surface area contributed by atoms with Crippen molar-refractivity contribution in [1.82, 2.24) is 10.2 Å². The predicted molar refractivity (Wildman–Crippen MR) is 111 cm³/mol. The molecular weight excluding hydrogens is 374 g/mol. The number of para-hydroxylation sites is 1. The maximum absolute atomic E-state index is 13.0. The van der Waals surface area contributed by atoms with Crippen LogP contribution < -0.4 is 10.6 Å². The van der Waals surface area contributed by atoms with Gasteiger partial charge in [-0.1, -0.05) is 23.7 Å². The van der Waals surface area contributed by atoms with Crippen LogP contribution in [0.15, 0.2) is 24.3 Å². The minimum Gasteiger partial charge on any atom is -0.349 e. The minimum atomic E-state index is -0.356. The average Bonchev–Trinajstić information content (AvgIpc) is 2.61. The van der Waals surface area contributed by atoms with Gasteiger partial charge in [-0.15, -0.1) is 0 Å². The number of benzene rings is 1. The molecule has 2 amide bonds. The molecule has 4 saturated carbocycles. The number of amides is 2. The molecule has 0 spiro atoms. The fraction of sp³-hybridized carbons (Fsp3) is 0.636. The highest BCUT2D eigenvalue weighted by molar-refractivity contribution is 6.33. The molecule has 0 radical (unpaired) electrons. The second-order valence-corrected chi connectivity index (χ2v) is 9.71. The Morgan fingerprint density at radius 1 is 1.14 bits per heavy atom. The molecule has 152 valence electrons. The molecule has 28 heavy (non-hydrogen) atoms. The van der Waals surface area contributed by atoms with Crippen molar-refractivity contribution in [2.24, 2.45) is 17.8 Å². The van der Waals surface area contributed by atoms with Crippen LogP contribution in [0.2, 0.25) is 5.02 Å². The first-order chi connectivity index (χ1) is 13.3. The number of rotatable bonds is 6. The van der Waals surface area contributed by atoms with Gasteiger partial charge in [0.1, 0.15) is 0 Å². The predicted octanol–water partition coefficient (Wildman–Crippen LogP) is 3.68. The largest absolute Gasteiger partial charge is 0.349 e. The smallest absolute Gasteiger partial charge is 0.238 e. The highest BCUT2D eigenvalue weighted by atomic mass is 35.5. The van der Waals surface area contributed by atoms with Crippen LogP contribution in [0.3, 0.4) is 0 Å². The Labute approximate surface area is 172 Å². The Bertz CT molecular complexity index is 731. The van der Waals surface area contributed by atoms with Gasteiger partial charge < -0.3 is 10.6 Å². The Morgan fingerprint density at radius 2 is 1.71 bits per heavy atom. The highest BCUT2D eigenvalue weighted by Crippen LogP contribution is 2.55. The second-order valence-electron chi connectivity index (χ2n) is 9.31. The van der Waals surface area contributed by atoms with E-state index < -0.39 is 0 Å². The van der Waals surface area contributed by atoms with Gasteiger partial charge in [-0.05, 0) is 82.4 Å². The van der Waals surface area contributed by atoms with E-state index in [1.165, 1.54) is 19.3 Å². The molecule has 0 aliphatic heterocycles. The molecule has 1 aromatic carbocycles. The van der Waals surface area contributed by atoms with Gasteiger partial charge >= 0.3 is 0 Å². The van der Waals surface area contributed by atoms with E-state index >= 15 is 0 Å². The molecule has 0 saturated heterocycles. The van der Waals surface area contributed by atoms with E-state index in [1.54, 1.807) is 17.0 Å². The van der Waals surface area contributed by atoms with E-state index in [0.29, 0.717) is 10.7 Å². The fourth-order valence-corrected chi connectivity index (χ4v) is 6.13. The van der Waals surface area contributed by atoms with E-state index in [0.717, 1.165) is 37.0 Å². The minimum absolute atomic E-state index is 0.000750. The van der Waals surface area contributed by atoms with Crippen LogP contribution in [-0.2, 0) is 9.59 Å². The first kappa shape index (κ1) is 19.7. The Hall–Kier alpha value is -1.59. The third-order valence-electron chi connectivity index (χ3n) is 7.01. The zero-order chi connectivity index (χ0) is 19.9. The SMILES string of the molecule is C[C@H](C(=O)NC12CC3CC(CC(C3)C1)C2)N(C)CC(=O)Nc1ccccc1Cl. The van der Waals surface area contributed by atoms with Gasteiger partial charge in [0.15, 0.2) is 0 Å². The van der Waals surface area contributed by atoms with Crippen LogP contribution in [-0.4, -0.2) is 41.9 Å². The second kappa shape index (κ2) is 7.68. The van der Waals surface area contributed by atoms with Gasteiger partial charge in [0, 0.05) is 5.54 Å².